The van der Waals surface area contributed by atoms with E-state index in [9.17, 15) is 0 Å². The van der Waals surface area contributed by atoms with Crippen molar-refractivity contribution in [3.63, 3.8) is 0 Å². The lowest BCUT2D eigenvalue weighted by atomic mass is 10.1. The first kappa shape index (κ1) is 9.82. The first-order chi connectivity index (χ1) is 7.84. The van der Waals surface area contributed by atoms with E-state index in [1.807, 2.05) is 18.2 Å². The standard InChI is InChI=1S/C13H8ClNS/c14-12-6-2-5-11(15-12)10-4-1-3-9-7-8-16-13(9)10/h1-8H. The maximum absolute atomic E-state index is 5.91. The zero-order chi connectivity index (χ0) is 11.0. The maximum Gasteiger partial charge on any atom is 0.129 e. The Hall–Kier alpha value is -1.38. The molecular weight excluding hydrogens is 238 g/mol. The van der Waals surface area contributed by atoms with Gasteiger partial charge in [-0.25, -0.2) is 4.98 Å². The molecule has 0 unspecified atom stereocenters. The van der Waals surface area contributed by atoms with Crippen LogP contribution in [-0.2, 0) is 0 Å². The molecule has 0 saturated heterocycles. The lowest BCUT2D eigenvalue weighted by molar-refractivity contribution is 1.33. The van der Waals surface area contributed by atoms with Crippen molar-refractivity contribution in [3.8, 4) is 11.3 Å². The summed E-state index contributed by atoms with van der Waals surface area (Å²) in [4.78, 5) is 4.35. The fourth-order valence-electron chi connectivity index (χ4n) is 1.75. The van der Waals surface area contributed by atoms with Gasteiger partial charge in [0, 0.05) is 10.3 Å². The predicted octanol–water partition coefficient (Wildman–Crippen LogP) is 4.62. The average molecular weight is 246 g/mol. The maximum atomic E-state index is 5.91. The van der Waals surface area contributed by atoms with Crippen molar-refractivity contribution >= 4 is 33.0 Å². The van der Waals surface area contributed by atoms with Gasteiger partial charge in [-0.15, -0.1) is 11.3 Å². The van der Waals surface area contributed by atoms with Gasteiger partial charge in [0.15, 0.2) is 0 Å². The molecule has 1 aromatic carbocycles. The van der Waals surface area contributed by atoms with Crippen LogP contribution >= 0.6 is 22.9 Å². The van der Waals surface area contributed by atoms with Gasteiger partial charge in [0.05, 0.1) is 5.69 Å². The molecule has 16 heavy (non-hydrogen) atoms. The summed E-state index contributed by atoms with van der Waals surface area (Å²) >= 11 is 7.64. The Morgan fingerprint density at radius 2 is 1.88 bits per heavy atom. The van der Waals surface area contributed by atoms with Crippen LogP contribution in [0.3, 0.4) is 0 Å². The molecule has 2 heterocycles. The van der Waals surface area contributed by atoms with Crippen LogP contribution in [0.5, 0.6) is 0 Å². The topological polar surface area (TPSA) is 12.9 Å². The summed E-state index contributed by atoms with van der Waals surface area (Å²) < 4.78 is 1.26. The Balaban J connectivity index is 2.29. The van der Waals surface area contributed by atoms with Crippen LogP contribution in [-0.4, -0.2) is 4.98 Å². The molecule has 0 saturated carbocycles. The minimum Gasteiger partial charge on any atom is -0.236 e. The average Bonchev–Trinajstić information content (AvgIpc) is 2.76. The van der Waals surface area contributed by atoms with Crippen molar-refractivity contribution < 1.29 is 0 Å². The molecule has 0 bridgehead atoms. The largest absolute Gasteiger partial charge is 0.236 e. The Labute approximate surface area is 102 Å². The highest BCUT2D eigenvalue weighted by Gasteiger charge is 2.05. The number of nitrogens with zero attached hydrogens (tertiary/aromatic N) is 1. The first-order valence-corrected chi connectivity index (χ1v) is 6.19. The minimum atomic E-state index is 0.533. The van der Waals surface area contributed by atoms with E-state index in [1.54, 1.807) is 17.4 Å². The molecule has 3 heteroatoms. The smallest absolute Gasteiger partial charge is 0.129 e. The second-order valence-corrected chi connectivity index (χ2v) is 4.79. The van der Waals surface area contributed by atoms with Gasteiger partial charge in [0.25, 0.3) is 0 Å². The van der Waals surface area contributed by atoms with Crippen molar-refractivity contribution in [1.29, 1.82) is 0 Å². The molecule has 78 valence electrons. The van der Waals surface area contributed by atoms with Gasteiger partial charge in [-0.3, -0.25) is 0 Å². The van der Waals surface area contributed by atoms with Crippen LogP contribution in [0.1, 0.15) is 0 Å². The third-order valence-electron chi connectivity index (χ3n) is 2.47. The van der Waals surface area contributed by atoms with Crippen LogP contribution in [0, 0.1) is 0 Å². The Kier molecular flexibility index (Phi) is 2.39. The molecule has 0 aliphatic rings. The molecule has 0 radical (unpaired) electrons. The zero-order valence-electron chi connectivity index (χ0n) is 8.35. The van der Waals surface area contributed by atoms with E-state index in [1.165, 1.54) is 10.1 Å². The second-order valence-electron chi connectivity index (χ2n) is 3.49. The number of thiophene rings is 1. The van der Waals surface area contributed by atoms with Crippen molar-refractivity contribution in [2.24, 2.45) is 0 Å². The first-order valence-electron chi connectivity index (χ1n) is 4.94. The van der Waals surface area contributed by atoms with E-state index >= 15 is 0 Å². The third-order valence-corrected chi connectivity index (χ3v) is 3.64. The normalized spacial score (nSPS) is 10.8. The molecular formula is C13H8ClNS. The summed E-state index contributed by atoms with van der Waals surface area (Å²) in [6.45, 7) is 0. The lowest BCUT2D eigenvalue weighted by Crippen LogP contribution is -1.83. The van der Waals surface area contributed by atoms with E-state index in [2.05, 4.69) is 28.6 Å². The summed E-state index contributed by atoms with van der Waals surface area (Å²) in [6.07, 6.45) is 0. The Morgan fingerprint density at radius 1 is 1.00 bits per heavy atom. The molecule has 0 aliphatic heterocycles. The van der Waals surface area contributed by atoms with Crippen LogP contribution in [0.4, 0.5) is 0 Å². The molecule has 0 spiro atoms. The number of pyridine rings is 1. The summed E-state index contributed by atoms with van der Waals surface area (Å²) in [5.74, 6) is 0. The Morgan fingerprint density at radius 3 is 2.75 bits per heavy atom. The fourth-order valence-corrected chi connectivity index (χ4v) is 2.84. The molecule has 2 aromatic heterocycles. The molecule has 0 aliphatic carbocycles. The molecule has 1 nitrogen and oxygen atoms in total. The van der Waals surface area contributed by atoms with Crippen molar-refractivity contribution in [2.75, 3.05) is 0 Å². The Bertz CT molecular complexity index is 645. The van der Waals surface area contributed by atoms with Gasteiger partial charge in [-0.2, -0.15) is 0 Å². The number of hydrogen-bond donors (Lipinski definition) is 0. The minimum absolute atomic E-state index is 0.533. The summed E-state index contributed by atoms with van der Waals surface area (Å²) in [5.41, 5.74) is 2.08. The van der Waals surface area contributed by atoms with Crippen molar-refractivity contribution in [1.82, 2.24) is 4.98 Å². The highest BCUT2D eigenvalue weighted by atomic mass is 35.5. The van der Waals surface area contributed by atoms with E-state index in [0.717, 1.165) is 11.3 Å². The van der Waals surface area contributed by atoms with E-state index < -0.39 is 0 Å². The van der Waals surface area contributed by atoms with Crippen LogP contribution < -0.4 is 0 Å². The summed E-state index contributed by atoms with van der Waals surface area (Å²) in [6, 6.07) is 14.1. The number of halogens is 1. The third kappa shape index (κ3) is 1.60. The zero-order valence-corrected chi connectivity index (χ0v) is 9.92. The quantitative estimate of drug-likeness (QED) is 0.570. The van der Waals surface area contributed by atoms with Gasteiger partial charge in [0.2, 0.25) is 0 Å². The van der Waals surface area contributed by atoms with Crippen LogP contribution in [0.2, 0.25) is 5.15 Å². The number of fused-ring (bicyclic) bond motifs is 1. The van der Waals surface area contributed by atoms with Crippen molar-refractivity contribution in [3.05, 3.63) is 53.0 Å². The van der Waals surface area contributed by atoms with E-state index in [0.29, 0.717) is 5.15 Å². The SMILES string of the molecule is Clc1cccc(-c2cccc3ccsc23)n1. The number of benzene rings is 1. The molecule has 0 amide bonds. The van der Waals surface area contributed by atoms with Gasteiger partial charge in [0.1, 0.15) is 5.15 Å². The lowest BCUT2D eigenvalue weighted by Gasteiger charge is -2.02. The molecule has 0 atom stereocenters. The second kappa shape index (κ2) is 3.89. The molecule has 0 fully saturated rings. The predicted molar refractivity (Wildman–Crippen MR) is 70.1 cm³/mol. The van der Waals surface area contributed by atoms with Gasteiger partial charge in [-0.05, 0) is 29.0 Å². The van der Waals surface area contributed by atoms with Crippen molar-refractivity contribution in [2.45, 2.75) is 0 Å². The number of rotatable bonds is 1. The number of hydrogen-bond acceptors (Lipinski definition) is 2. The van der Waals surface area contributed by atoms with E-state index in [4.69, 9.17) is 11.6 Å². The van der Waals surface area contributed by atoms with Crippen LogP contribution in [0.15, 0.2) is 47.8 Å². The molecule has 3 rings (SSSR count). The highest BCUT2D eigenvalue weighted by Crippen LogP contribution is 2.31. The van der Waals surface area contributed by atoms with Crippen LogP contribution in [0.25, 0.3) is 21.3 Å². The van der Waals surface area contributed by atoms with Gasteiger partial charge < -0.3 is 0 Å². The number of aromatic nitrogens is 1. The highest BCUT2D eigenvalue weighted by molar-refractivity contribution is 7.17. The monoisotopic (exact) mass is 245 g/mol. The van der Waals surface area contributed by atoms with Gasteiger partial charge in [-0.1, -0.05) is 35.9 Å². The molecule has 3 aromatic rings. The summed E-state index contributed by atoms with van der Waals surface area (Å²) in [5, 5.41) is 3.88. The van der Waals surface area contributed by atoms with Gasteiger partial charge >= 0.3 is 0 Å². The summed E-state index contributed by atoms with van der Waals surface area (Å²) in [7, 11) is 0. The molecule has 0 N–H and O–H groups in total. The fraction of sp³-hybridized carbons (Fsp3) is 0. The van der Waals surface area contributed by atoms with E-state index in [-0.39, 0.29) is 0 Å².